The van der Waals surface area contributed by atoms with E-state index in [1.807, 2.05) is 29.2 Å². The number of nitrogens with zero attached hydrogens (tertiary/aromatic N) is 5. The quantitative estimate of drug-likeness (QED) is 0.691. The molecule has 5 rings (SSSR count). The van der Waals surface area contributed by atoms with Crippen molar-refractivity contribution < 1.29 is 4.79 Å². The van der Waals surface area contributed by atoms with E-state index in [9.17, 15) is 9.59 Å². The Morgan fingerprint density at radius 2 is 2.00 bits per heavy atom. The Balaban J connectivity index is 1.36. The summed E-state index contributed by atoms with van der Waals surface area (Å²) in [5, 5.41) is 8.79. The number of piperidine rings is 1. The molecule has 0 unspecified atom stereocenters. The van der Waals surface area contributed by atoms with Crippen molar-refractivity contribution >= 4 is 28.7 Å². The number of H-pyrrole nitrogens is 1. The molecule has 1 aliphatic carbocycles. The zero-order valence-corrected chi connectivity index (χ0v) is 17.3. The molecule has 2 aliphatic rings. The number of fused-ring (bicyclic) bond motifs is 1. The monoisotopic (exact) mass is 426 g/mol. The average Bonchev–Trinajstić information content (AvgIpc) is 3.10. The Hall–Kier alpha value is -2.74. The molecule has 1 aromatic carbocycles. The first-order chi connectivity index (χ1) is 14.6. The van der Waals surface area contributed by atoms with Gasteiger partial charge in [0.25, 0.3) is 5.56 Å². The fraction of sp³-hybridized carbons (Fsp3) is 0.476. The number of hydrogen-bond acceptors (Lipinski definition) is 5. The van der Waals surface area contributed by atoms with Gasteiger partial charge in [0.15, 0.2) is 11.2 Å². The normalized spacial score (nSPS) is 18.0. The second-order valence-electron chi connectivity index (χ2n) is 8.23. The van der Waals surface area contributed by atoms with Crippen LogP contribution in [0.1, 0.15) is 49.4 Å². The lowest BCUT2D eigenvalue weighted by molar-refractivity contribution is -0.139. The summed E-state index contributed by atoms with van der Waals surface area (Å²) in [5.74, 6) is 1.28. The van der Waals surface area contributed by atoms with Crippen LogP contribution in [0.15, 0.2) is 29.1 Å². The van der Waals surface area contributed by atoms with Crippen LogP contribution in [0.4, 0.5) is 0 Å². The number of amides is 1. The first-order valence-electron chi connectivity index (χ1n) is 10.4. The first kappa shape index (κ1) is 19.2. The number of hydrogen-bond donors (Lipinski definition) is 1. The Morgan fingerprint density at radius 3 is 2.70 bits per heavy atom. The third kappa shape index (κ3) is 3.60. The number of carbonyl (C=O) groups excluding carboxylic acids is 1. The standard InChI is InChI=1S/C21H23ClN6O2/c22-16-6-1-3-13(11-16)12-28-19-17(25-26-28)20(29)24-18(23-19)14-7-9-27(10-8-14)21(30)15-4-2-5-15/h1,3,6,11,14-15H,2,4-5,7-10,12H2,(H,23,24,29). The molecule has 3 aromatic rings. The summed E-state index contributed by atoms with van der Waals surface area (Å²) >= 11 is 6.08. The van der Waals surface area contributed by atoms with Gasteiger partial charge in [-0.25, -0.2) is 9.67 Å². The maximum Gasteiger partial charge on any atom is 0.281 e. The molecule has 8 nitrogen and oxygen atoms in total. The first-order valence-corrected chi connectivity index (χ1v) is 10.8. The van der Waals surface area contributed by atoms with Crippen molar-refractivity contribution in [2.24, 2.45) is 5.92 Å². The molecule has 30 heavy (non-hydrogen) atoms. The summed E-state index contributed by atoms with van der Waals surface area (Å²) in [6, 6.07) is 7.50. The fourth-order valence-electron chi connectivity index (χ4n) is 4.28. The average molecular weight is 427 g/mol. The summed E-state index contributed by atoms with van der Waals surface area (Å²) in [5.41, 5.74) is 1.39. The van der Waals surface area contributed by atoms with Crippen molar-refractivity contribution in [1.82, 2.24) is 29.9 Å². The molecule has 1 N–H and O–H groups in total. The lowest BCUT2D eigenvalue weighted by atomic mass is 9.83. The number of aromatic amines is 1. The van der Waals surface area contributed by atoms with Gasteiger partial charge in [0.1, 0.15) is 5.82 Å². The van der Waals surface area contributed by atoms with Crippen molar-refractivity contribution in [3.63, 3.8) is 0 Å². The van der Waals surface area contributed by atoms with Crippen molar-refractivity contribution in [2.75, 3.05) is 13.1 Å². The van der Waals surface area contributed by atoms with Crippen LogP contribution in [-0.2, 0) is 11.3 Å². The van der Waals surface area contributed by atoms with Gasteiger partial charge in [-0.3, -0.25) is 9.59 Å². The van der Waals surface area contributed by atoms with E-state index in [1.165, 1.54) is 0 Å². The van der Waals surface area contributed by atoms with Gasteiger partial charge in [-0.1, -0.05) is 35.4 Å². The van der Waals surface area contributed by atoms with E-state index < -0.39 is 0 Å². The molecule has 1 saturated carbocycles. The molecule has 0 radical (unpaired) electrons. The second-order valence-corrected chi connectivity index (χ2v) is 8.66. The highest BCUT2D eigenvalue weighted by Gasteiger charge is 2.32. The second kappa shape index (κ2) is 7.83. The van der Waals surface area contributed by atoms with E-state index in [-0.39, 0.29) is 22.9 Å². The number of rotatable bonds is 4. The molecule has 0 atom stereocenters. The molecule has 3 heterocycles. The minimum atomic E-state index is -0.277. The van der Waals surface area contributed by atoms with Crippen LogP contribution in [0.25, 0.3) is 11.2 Å². The van der Waals surface area contributed by atoms with Gasteiger partial charge >= 0.3 is 0 Å². The van der Waals surface area contributed by atoms with Crippen molar-refractivity contribution in [1.29, 1.82) is 0 Å². The van der Waals surface area contributed by atoms with Crippen LogP contribution in [0.5, 0.6) is 0 Å². The Kier molecular flexibility index (Phi) is 5.02. The van der Waals surface area contributed by atoms with Crippen LogP contribution in [-0.4, -0.2) is 48.9 Å². The molecule has 2 aromatic heterocycles. The van der Waals surface area contributed by atoms with Crippen molar-refractivity contribution in [3.05, 3.63) is 51.0 Å². The van der Waals surface area contributed by atoms with Crippen molar-refractivity contribution in [3.8, 4) is 0 Å². The molecular weight excluding hydrogens is 404 g/mol. The van der Waals surface area contributed by atoms with Gasteiger partial charge in [0.05, 0.1) is 6.54 Å². The third-order valence-electron chi connectivity index (χ3n) is 6.26. The van der Waals surface area contributed by atoms with Crippen LogP contribution < -0.4 is 5.56 Å². The highest BCUT2D eigenvalue weighted by molar-refractivity contribution is 6.30. The maximum atomic E-state index is 12.6. The topological polar surface area (TPSA) is 96.8 Å². The molecular formula is C21H23ClN6O2. The zero-order chi connectivity index (χ0) is 20.7. The largest absolute Gasteiger partial charge is 0.342 e. The van der Waals surface area contributed by atoms with E-state index >= 15 is 0 Å². The van der Waals surface area contributed by atoms with Gasteiger partial charge < -0.3 is 9.88 Å². The molecule has 9 heteroatoms. The number of benzene rings is 1. The maximum absolute atomic E-state index is 12.6. The summed E-state index contributed by atoms with van der Waals surface area (Å²) in [4.78, 5) is 34.6. The van der Waals surface area contributed by atoms with E-state index in [2.05, 4.69) is 15.3 Å². The van der Waals surface area contributed by atoms with Gasteiger partial charge in [0, 0.05) is 29.9 Å². The van der Waals surface area contributed by atoms with Crippen LogP contribution >= 0.6 is 11.6 Å². The van der Waals surface area contributed by atoms with Crippen LogP contribution in [0.3, 0.4) is 0 Å². The van der Waals surface area contributed by atoms with Crippen molar-refractivity contribution in [2.45, 2.75) is 44.6 Å². The Bertz CT molecular complexity index is 1140. The summed E-state index contributed by atoms with van der Waals surface area (Å²) in [6.45, 7) is 1.85. The molecule has 1 aliphatic heterocycles. The summed E-state index contributed by atoms with van der Waals surface area (Å²) < 4.78 is 1.63. The van der Waals surface area contributed by atoms with E-state index in [0.717, 1.165) is 37.7 Å². The number of carbonyl (C=O) groups is 1. The van der Waals surface area contributed by atoms with Gasteiger partial charge in [-0.2, -0.15) is 0 Å². The van der Waals surface area contributed by atoms with Crippen LogP contribution in [0.2, 0.25) is 5.02 Å². The molecule has 1 saturated heterocycles. The summed E-state index contributed by atoms with van der Waals surface area (Å²) in [6.07, 6.45) is 4.79. The smallest absolute Gasteiger partial charge is 0.281 e. The number of nitrogens with one attached hydrogen (secondary N) is 1. The molecule has 0 spiro atoms. The molecule has 156 valence electrons. The number of aromatic nitrogens is 5. The minimum absolute atomic E-state index is 0.113. The SMILES string of the molecule is O=C(C1CCC1)N1CCC(c2nc3c(nnn3Cc3cccc(Cl)c3)c(=O)[nH]2)CC1. The fourth-order valence-corrected chi connectivity index (χ4v) is 4.49. The third-order valence-corrected chi connectivity index (χ3v) is 6.50. The number of likely N-dealkylation sites (tertiary alicyclic amines) is 1. The van der Waals surface area contributed by atoms with E-state index in [0.29, 0.717) is 42.0 Å². The molecule has 1 amide bonds. The lowest BCUT2D eigenvalue weighted by Gasteiger charge is -2.36. The Morgan fingerprint density at radius 1 is 1.20 bits per heavy atom. The minimum Gasteiger partial charge on any atom is -0.342 e. The predicted molar refractivity (Wildman–Crippen MR) is 112 cm³/mol. The molecule has 2 fully saturated rings. The predicted octanol–water partition coefficient (Wildman–Crippen LogP) is 2.72. The summed E-state index contributed by atoms with van der Waals surface area (Å²) in [7, 11) is 0. The lowest BCUT2D eigenvalue weighted by Crippen LogP contribution is -2.43. The highest BCUT2D eigenvalue weighted by Crippen LogP contribution is 2.31. The van der Waals surface area contributed by atoms with E-state index in [4.69, 9.17) is 16.6 Å². The highest BCUT2D eigenvalue weighted by atomic mass is 35.5. The van der Waals surface area contributed by atoms with Gasteiger partial charge in [0.2, 0.25) is 5.91 Å². The number of halogens is 1. The van der Waals surface area contributed by atoms with Gasteiger partial charge in [-0.15, -0.1) is 5.10 Å². The molecule has 0 bridgehead atoms. The van der Waals surface area contributed by atoms with E-state index in [1.54, 1.807) is 4.68 Å². The van der Waals surface area contributed by atoms with Crippen LogP contribution in [0, 0.1) is 5.92 Å². The Labute approximate surface area is 178 Å². The zero-order valence-electron chi connectivity index (χ0n) is 16.6. The van der Waals surface area contributed by atoms with Gasteiger partial charge in [-0.05, 0) is 43.4 Å².